The number of amidine groups is 1. The highest BCUT2D eigenvalue weighted by Crippen LogP contribution is 2.36. The highest BCUT2D eigenvalue weighted by molar-refractivity contribution is 5.94. The SMILES string of the molecule is C=C(C)c1cc([C@H](C(=O)N2C[C@H](O)C[C@H]2C2=NC(C)(c3ccc(-c4ccccc4F)cc3)ON2)C(C)C)on1. The van der Waals surface area contributed by atoms with Crippen molar-refractivity contribution < 1.29 is 23.7 Å². The van der Waals surface area contributed by atoms with E-state index in [9.17, 15) is 14.3 Å². The number of carbonyl (C=O) groups excluding carboxylic acids is 1. The van der Waals surface area contributed by atoms with Crippen molar-refractivity contribution in [1.82, 2.24) is 15.5 Å². The number of likely N-dealkylation sites (tertiary alicyclic amines) is 1. The van der Waals surface area contributed by atoms with Gasteiger partial charge in [-0.25, -0.2) is 19.7 Å². The molecule has 2 N–H and O–H groups in total. The fourth-order valence-electron chi connectivity index (χ4n) is 5.22. The summed E-state index contributed by atoms with van der Waals surface area (Å²) in [5, 5.41) is 14.6. The molecule has 1 aromatic heterocycles. The zero-order chi connectivity index (χ0) is 27.9. The van der Waals surface area contributed by atoms with Crippen LogP contribution in [0.3, 0.4) is 0 Å². The van der Waals surface area contributed by atoms with Gasteiger partial charge >= 0.3 is 0 Å². The number of hydroxylamine groups is 1. The molecule has 2 aliphatic rings. The summed E-state index contributed by atoms with van der Waals surface area (Å²) in [6.07, 6.45) is -0.384. The number of benzene rings is 2. The van der Waals surface area contributed by atoms with Crippen molar-refractivity contribution in [3.05, 3.63) is 84.0 Å². The minimum atomic E-state index is -1.07. The summed E-state index contributed by atoms with van der Waals surface area (Å²) in [5.74, 6) is -0.202. The highest BCUT2D eigenvalue weighted by atomic mass is 19.1. The molecule has 0 spiro atoms. The molecule has 1 fully saturated rings. The third kappa shape index (κ3) is 5.12. The summed E-state index contributed by atoms with van der Waals surface area (Å²) >= 11 is 0. The summed E-state index contributed by atoms with van der Waals surface area (Å²) in [5.41, 5.74) is 5.22. The molecule has 204 valence electrons. The van der Waals surface area contributed by atoms with Gasteiger partial charge < -0.3 is 14.5 Å². The van der Waals surface area contributed by atoms with Gasteiger partial charge in [0.25, 0.3) is 0 Å². The fourth-order valence-corrected chi connectivity index (χ4v) is 5.22. The van der Waals surface area contributed by atoms with Gasteiger partial charge in [-0.1, -0.05) is 68.0 Å². The van der Waals surface area contributed by atoms with Crippen molar-refractivity contribution >= 4 is 17.3 Å². The topological polar surface area (TPSA) is 100 Å². The first kappa shape index (κ1) is 26.8. The molecule has 1 amide bonds. The molecule has 3 aromatic rings. The van der Waals surface area contributed by atoms with Crippen molar-refractivity contribution in [2.24, 2.45) is 10.9 Å². The Morgan fingerprint density at radius 2 is 1.95 bits per heavy atom. The number of amides is 1. The van der Waals surface area contributed by atoms with Gasteiger partial charge in [-0.3, -0.25) is 4.79 Å². The van der Waals surface area contributed by atoms with E-state index >= 15 is 0 Å². The average Bonchev–Trinajstić information content (AvgIpc) is 3.63. The summed E-state index contributed by atoms with van der Waals surface area (Å²) in [4.78, 5) is 26.2. The molecular weight excluding hydrogens is 499 g/mol. The first-order chi connectivity index (χ1) is 18.6. The zero-order valence-corrected chi connectivity index (χ0v) is 22.5. The number of halogens is 1. The van der Waals surface area contributed by atoms with Crippen molar-refractivity contribution in [2.45, 2.75) is 57.9 Å². The highest BCUT2D eigenvalue weighted by Gasteiger charge is 2.45. The minimum absolute atomic E-state index is 0.0743. The molecule has 2 aliphatic heterocycles. The van der Waals surface area contributed by atoms with Crippen LogP contribution in [0.4, 0.5) is 4.39 Å². The van der Waals surface area contributed by atoms with Gasteiger partial charge in [0.1, 0.15) is 29.0 Å². The molecule has 5 rings (SSSR count). The van der Waals surface area contributed by atoms with Gasteiger partial charge in [0.2, 0.25) is 11.6 Å². The lowest BCUT2D eigenvalue weighted by Gasteiger charge is -2.29. The summed E-state index contributed by atoms with van der Waals surface area (Å²) in [7, 11) is 0. The molecule has 4 atom stereocenters. The molecule has 0 saturated carbocycles. The molecule has 8 nitrogen and oxygen atoms in total. The van der Waals surface area contributed by atoms with Gasteiger partial charge in [-0.15, -0.1) is 0 Å². The number of β-amino-alcohol motifs (C(OH)–C–C–N with tert-alkyl or cyclic N) is 1. The van der Waals surface area contributed by atoms with E-state index in [2.05, 4.69) is 17.2 Å². The average molecular weight is 533 g/mol. The smallest absolute Gasteiger partial charge is 0.234 e. The molecule has 0 bridgehead atoms. The number of nitrogens with zero attached hydrogens (tertiary/aromatic N) is 3. The van der Waals surface area contributed by atoms with Gasteiger partial charge in [-0.2, -0.15) is 0 Å². The lowest BCUT2D eigenvalue weighted by atomic mass is 9.91. The Hall–Kier alpha value is -3.82. The zero-order valence-electron chi connectivity index (χ0n) is 22.5. The summed E-state index contributed by atoms with van der Waals surface area (Å²) in [6, 6.07) is 15.2. The van der Waals surface area contributed by atoms with Crippen LogP contribution in [-0.4, -0.2) is 45.6 Å². The van der Waals surface area contributed by atoms with E-state index in [1.165, 1.54) is 6.07 Å². The molecule has 2 aromatic carbocycles. The molecule has 3 heterocycles. The molecule has 0 radical (unpaired) electrons. The van der Waals surface area contributed by atoms with Crippen LogP contribution in [0, 0.1) is 11.7 Å². The van der Waals surface area contributed by atoms with Crippen LogP contribution < -0.4 is 5.48 Å². The van der Waals surface area contributed by atoms with E-state index in [1.54, 1.807) is 29.2 Å². The number of aliphatic hydroxyl groups excluding tert-OH is 1. The third-order valence-corrected chi connectivity index (χ3v) is 7.38. The minimum Gasteiger partial charge on any atom is -0.391 e. The largest absolute Gasteiger partial charge is 0.391 e. The van der Waals surface area contributed by atoms with Crippen LogP contribution in [0.1, 0.15) is 57.1 Å². The molecule has 1 unspecified atom stereocenters. The predicted octanol–water partition coefficient (Wildman–Crippen LogP) is 5.02. The first-order valence-electron chi connectivity index (χ1n) is 13.1. The Balaban J connectivity index is 1.40. The van der Waals surface area contributed by atoms with E-state index in [-0.39, 0.29) is 24.2 Å². The van der Waals surface area contributed by atoms with E-state index in [0.29, 0.717) is 29.3 Å². The van der Waals surface area contributed by atoms with E-state index in [4.69, 9.17) is 14.4 Å². The summed E-state index contributed by atoms with van der Waals surface area (Å²) < 4.78 is 19.8. The van der Waals surface area contributed by atoms with Crippen molar-refractivity contribution in [2.75, 3.05) is 6.54 Å². The van der Waals surface area contributed by atoms with Gasteiger partial charge in [0, 0.05) is 30.2 Å². The second kappa shape index (κ2) is 10.4. The molecule has 1 saturated heterocycles. The van der Waals surface area contributed by atoms with Gasteiger partial charge in [0.15, 0.2) is 0 Å². The Bertz CT molecular complexity index is 1420. The number of allylic oxidation sites excluding steroid dienone is 1. The maximum absolute atomic E-state index is 14.2. The molecule has 39 heavy (non-hydrogen) atoms. The Kier molecular flexibility index (Phi) is 7.13. The number of nitrogens with one attached hydrogen (secondary N) is 1. The van der Waals surface area contributed by atoms with Crippen LogP contribution in [0.25, 0.3) is 16.7 Å². The Morgan fingerprint density at radius 1 is 1.23 bits per heavy atom. The molecule has 9 heteroatoms. The van der Waals surface area contributed by atoms with E-state index < -0.39 is 23.8 Å². The van der Waals surface area contributed by atoms with E-state index in [0.717, 1.165) is 16.7 Å². The monoisotopic (exact) mass is 532 g/mol. The van der Waals surface area contributed by atoms with Crippen molar-refractivity contribution in [3.63, 3.8) is 0 Å². The first-order valence-corrected chi connectivity index (χ1v) is 13.1. The maximum atomic E-state index is 14.2. The fraction of sp³-hybridized carbons (Fsp3) is 0.367. The quantitative estimate of drug-likeness (QED) is 0.443. The Labute approximate surface area is 227 Å². The van der Waals surface area contributed by atoms with E-state index in [1.807, 2.05) is 52.0 Å². The lowest BCUT2D eigenvalue weighted by Crippen LogP contribution is -2.46. The second-order valence-electron chi connectivity index (χ2n) is 10.8. The van der Waals surface area contributed by atoms with Crippen LogP contribution in [0.2, 0.25) is 0 Å². The van der Waals surface area contributed by atoms with Gasteiger partial charge in [-0.05, 0) is 37.0 Å². The third-order valence-electron chi connectivity index (χ3n) is 7.38. The lowest BCUT2D eigenvalue weighted by molar-refractivity contribution is -0.134. The number of aromatic nitrogens is 1. The van der Waals surface area contributed by atoms with Crippen molar-refractivity contribution in [3.8, 4) is 11.1 Å². The predicted molar refractivity (Wildman–Crippen MR) is 146 cm³/mol. The summed E-state index contributed by atoms with van der Waals surface area (Å²) in [6.45, 7) is 11.6. The van der Waals surface area contributed by atoms with Crippen LogP contribution in [0.15, 0.2) is 70.7 Å². The maximum Gasteiger partial charge on any atom is 0.234 e. The van der Waals surface area contributed by atoms with Crippen molar-refractivity contribution in [1.29, 1.82) is 0 Å². The van der Waals surface area contributed by atoms with Crippen LogP contribution >= 0.6 is 0 Å². The van der Waals surface area contributed by atoms with Gasteiger partial charge in [0.05, 0.1) is 12.1 Å². The number of rotatable bonds is 7. The number of aliphatic hydroxyl groups is 1. The standard InChI is InChI=1S/C30H33FN4O4/c1-17(2)24-15-26(38-33-24)27(18(3)4)29(37)35-16-21(36)14-25(35)28-32-30(5,39-34-28)20-12-10-19(11-13-20)22-8-6-7-9-23(22)31/h6-13,15,18,21,25,27,36H,1,14,16H2,2-5H3,(H,32,34)/t21-,25+,27-,30?/m1/s1. The number of hydrogen-bond donors (Lipinski definition) is 2. The normalized spacial score (nSPS) is 23.6. The van der Waals surface area contributed by atoms with Crippen LogP contribution in [0.5, 0.6) is 0 Å². The number of hydrogen-bond acceptors (Lipinski definition) is 7. The Morgan fingerprint density at radius 3 is 2.59 bits per heavy atom. The van der Waals surface area contributed by atoms with Crippen LogP contribution in [-0.2, 0) is 15.4 Å². The second-order valence-corrected chi connectivity index (χ2v) is 10.8. The number of aliphatic imine (C=N–C) groups is 1. The number of carbonyl (C=O) groups is 1. The molecule has 0 aliphatic carbocycles. The molecular formula is C30H33FN4O4.